The lowest BCUT2D eigenvalue weighted by Gasteiger charge is -2.15. The SMILES string of the molecule is CCCN1C(=O)/C(=N\C(=O)N(C)C)c2cc(Cl)ccc21. The molecule has 106 valence electrons. The molecule has 0 saturated heterocycles. The molecule has 0 radical (unpaired) electrons. The van der Waals surface area contributed by atoms with Crippen molar-refractivity contribution in [2.24, 2.45) is 4.99 Å². The molecule has 0 aliphatic carbocycles. The first-order chi connectivity index (χ1) is 9.45. The summed E-state index contributed by atoms with van der Waals surface area (Å²) in [5.74, 6) is -0.251. The Kier molecular flexibility index (Phi) is 4.09. The van der Waals surface area contributed by atoms with Gasteiger partial charge in [-0.15, -0.1) is 0 Å². The highest BCUT2D eigenvalue weighted by atomic mass is 35.5. The van der Waals surface area contributed by atoms with E-state index >= 15 is 0 Å². The lowest BCUT2D eigenvalue weighted by Crippen LogP contribution is -2.31. The molecular weight excluding hydrogens is 278 g/mol. The molecule has 0 bridgehead atoms. The average Bonchev–Trinajstić information content (AvgIpc) is 2.64. The summed E-state index contributed by atoms with van der Waals surface area (Å²) in [5.41, 5.74) is 1.53. The third kappa shape index (κ3) is 2.54. The third-order valence-electron chi connectivity index (χ3n) is 2.99. The summed E-state index contributed by atoms with van der Waals surface area (Å²) in [6.07, 6.45) is 0.822. The van der Waals surface area contributed by atoms with Crippen molar-refractivity contribution < 1.29 is 9.59 Å². The summed E-state index contributed by atoms with van der Waals surface area (Å²) in [6, 6.07) is 4.73. The van der Waals surface area contributed by atoms with Gasteiger partial charge in [0.1, 0.15) is 5.71 Å². The fourth-order valence-electron chi connectivity index (χ4n) is 2.04. The van der Waals surface area contributed by atoms with E-state index in [1.165, 1.54) is 4.90 Å². The van der Waals surface area contributed by atoms with E-state index in [1.807, 2.05) is 6.92 Å². The summed E-state index contributed by atoms with van der Waals surface area (Å²) < 4.78 is 0. The van der Waals surface area contributed by atoms with Crippen molar-refractivity contribution in [3.63, 3.8) is 0 Å². The number of halogens is 1. The zero-order chi connectivity index (χ0) is 14.9. The van der Waals surface area contributed by atoms with Crippen molar-refractivity contribution in [2.45, 2.75) is 13.3 Å². The minimum Gasteiger partial charge on any atom is -0.329 e. The zero-order valence-corrected chi connectivity index (χ0v) is 12.4. The maximum atomic E-state index is 12.4. The van der Waals surface area contributed by atoms with Gasteiger partial charge in [-0.1, -0.05) is 18.5 Å². The van der Waals surface area contributed by atoms with Gasteiger partial charge < -0.3 is 9.80 Å². The number of hydrogen-bond acceptors (Lipinski definition) is 2. The molecule has 1 aromatic rings. The molecule has 0 aromatic heterocycles. The fourth-order valence-corrected chi connectivity index (χ4v) is 2.21. The van der Waals surface area contributed by atoms with Gasteiger partial charge in [0, 0.05) is 31.2 Å². The van der Waals surface area contributed by atoms with E-state index in [1.54, 1.807) is 37.2 Å². The van der Waals surface area contributed by atoms with E-state index in [0.29, 0.717) is 17.1 Å². The number of carbonyl (C=O) groups is 2. The van der Waals surface area contributed by atoms with Gasteiger partial charge in [0.2, 0.25) is 0 Å². The minimum absolute atomic E-state index is 0.162. The number of fused-ring (bicyclic) bond motifs is 1. The summed E-state index contributed by atoms with van der Waals surface area (Å²) in [7, 11) is 3.18. The van der Waals surface area contributed by atoms with E-state index in [0.717, 1.165) is 12.1 Å². The molecule has 0 spiro atoms. The molecule has 3 amide bonds. The van der Waals surface area contributed by atoms with Crippen LogP contribution in [-0.2, 0) is 4.79 Å². The fraction of sp³-hybridized carbons (Fsp3) is 0.357. The Bertz CT molecular complexity index is 596. The van der Waals surface area contributed by atoms with Crippen molar-refractivity contribution in [3.8, 4) is 0 Å². The van der Waals surface area contributed by atoms with Gasteiger partial charge in [0.15, 0.2) is 0 Å². The first kappa shape index (κ1) is 14.5. The van der Waals surface area contributed by atoms with Crippen LogP contribution in [0.4, 0.5) is 10.5 Å². The number of rotatable bonds is 2. The highest BCUT2D eigenvalue weighted by molar-refractivity contribution is 6.55. The van der Waals surface area contributed by atoms with Gasteiger partial charge in [0.05, 0.1) is 5.69 Å². The third-order valence-corrected chi connectivity index (χ3v) is 3.22. The normalized spacial score (nSPS) is 15.7. The second kappa shape index (κ2) is 5.63. The number of benzene rings is 1. The van der Waals surface area contributed by atoms with Crippen LogP contribution in [0.15, 0.2) is 23.2 Å². The zero-order valence-electron chi connectivity index (χ0n) is 11.7. The molecule has 5 nitrogen and oxygen atoms in total. The number of amides is 3. The van der Waals surface area contributed by atoms with Gasteiger partial charge in [0.25, 0.3) is 5.91 Å². The van der Waals surface area contributed by atoms with Gasteiger partial charge in [-0.25, -0.2) is 4.79 Å². The van der Waals surface area contributed by atoms with Crippen molar-refractivity contribution in [2.75, 3.05) is 25.5 Å². The van der Waals surface area contributed by atoms with Crippen LogP contribution in [-0.4, -0.2) is 43.2 Å². The van der Waals surface area contributed by atoms with Crippen molar-refractivity contribution in [1.29, 1.82) is 0 Å². The molecular formula is C14H16ClN3O2. The van der Waals surface area contributed by atoms with Gasteiger partial charge in [-0.3, -0.25) is 4.79 Å². The second-order valence-corrected chi connectivity index (χ2v) is 5.19. The van der Waals surface area contributed by atoms with E-state index in [-0.39, 0.29) is 11.6 Å². The monoisotopic (exact) mass is 293 g/mol. The van der Waals surface area contributed by atoms with Crippen LogP contribution < -0.4 is 4.90 Å². The first-order valence-electron chi connectivity index (χ1n) is 6.37. The summed E-state index contributed by atoms with van der Waals surface area (Å²) in [5, 5.41) is 0.514. The molecule has 0 unspecified atom stereocenters. The van der Waals surface area contributed by atoms with Gasteiger partial charge in [-0.2, -0.15) is 4.99 Å². The molecule has 20 heavy (non-hydrogen) atoms. The van der Waals surface area contributed by atoms with E-state index < -0.39 is 6.03 Å². The van der Waals surface area contributed by atoms with E-state index in [4.69, 9.17) is 11.6 Å². The molecule has 1 heterocycles. The number of aliphatic imine (C=N–C) groups is 1. The maximum Gasteiger partial charge on any atom is 0.343 e. The second-order valence-electron chi connectivity index (χ2n) is 4.76. The van der Waals surface area contributed by atoms with Gasteiger partial charge >= 0.3 is 6.03 Å². The van der Waals surface area contributed by atoms with Crippen LogP contribution in [0.3, 0.4) is 0 Å². The summed E-state index contributed by atoms with van der Waals surface area (Å²) >= 11 is 5.98. The lowest BCUT2D eigenvalue weighted by atomic mass is 10.1. The Morgan fingerprint density at radius 3 is 2.70 bits per heavy atom. The molecule has 0 fully saturated rings. The summed E-state index contributed by atoms with van der Waals surface area (Å²) in [6.45, 7) is 2.58. The van der Waals surface area contributed by atoms with Crippen molar-refractivity contribution in [1.82, 2.24) is 4.90 Å². The lowest BCUT2D eigenvalue weighted by molar-refractivity contribution is -0.112. The maximum absolute atomic E-state index is 12.4. The molecule has 1 aromatic carbocycles. The predicted molar refractivity (Wildman–Crippen MR) is 79.7 cm³/mol. The molecule has 0 atom stereocenters. The Morgan fingerprint density at radius 1 is 1.40 bits per heavy atom. The first-order valence-corrected chi connectivity index (χ1v) is 6.75. The van der Waals surface area contributed by atoms with Crippen LogP contribution >= 0.6 is 11.6 Å². The number of nitrogens with zero attached hydrogens (tertiary/aromatic N) is 3. The van der Waals surface area contributed by atoms with Crippen LogP contribution in [0.25, 0.3) is 0 Å². The summed E-state index contributed by atoms with van der Waals surface area (Å²) in [4.78, 5) is 31.0. The molecule has 6 heteroatoms. The Labute approximate surface area is 122 Å². The van der Waals surface area contributed by atoms with Crippen molar-refractivity contribution in [3.05, 3.63) is 28.8 Å². The quantitative estimate of drug-likeness (QED) is 0.841. The number of carbonyl (C=O) groups excluding carboxylic acids is 2. The molecule has 0 saturated carbocycles. The molecule has 1 aliphatic heterocycles. The van der Waals surface area contributed by atoms with Crippen LogP contribution in [0, 0.1) is 0 Å². The number of urea groups is 1. The predicted octanol–water partition coefficient (Wildman–Crippen LogP) is 2.57. The Hall–Kier alpha value is -1.88. The number of hydrogen-bond donors (Lipinski definition) is 0. The molecule has 0 N–H and O–H groups in total. The Balaban J connectivity index is 2.52. The minimum atomic E-state index is -0.461. The van der Waals surface area contributed by atoms with Crippen molar-refractivity contribution >= 4 is 34.9 Å². The van der Waals surface area contributed by atoms with E-state index in [2.05, 4.69) is 4.99 Å². The average molecular weight is 294 g/mol. The highest BCUT2D eigenvalue weighted by Crippen LogP contribution is 2.31. The smallest absolute Gasteiger partial charge is 0.329 e. The molecule has 1 aliphatic rings. The van der Waals surface area contributed by atoms with Crippen LogP contribution in [0.2, 0.25) is 5.02 Å². The Morgan fingerprint density at radius 2 is 2.10 bits per heavy atom. The standard InChI is InChI=1S/C14H16ClN3O2/c1-4-7-18-11-6-5-9(15)8-10(11)12(13(18)19)16-14(20)17(2)3/h5-6,8H,4,7H2,1-3H3/b16-12-. The highest BCUT2D eigenvalue weighted by Gasteiger charge is 2.34. The number of anilines is 1. The van der Waals surface area contributed by atoms with Gasteiger partial charge in [-0.05, 0) is 24.6 Å². The van der Waals surface area contributed by atoms with E-state index in [9.17, 15) is 9.59 Å². The molecule has 2 rings (SSSR count). The van der Waals surface area contributed by atoms with Crippen LogP contribution in [0.1, 0.15) is 18.9 Å². The topological polar surface area (TPSA) is 53.0 Å². The largest absolute Gasteiger partial charge is 0.343 e. The van der Waals surface area contributed by atoms with Crippen LogP contribution in [0.5, 0.6) is 0 Å².